The quantitative estimate of drug-likeness (QED) is 0.742. The van der Waals surface area contributed by atoms with Crippen LogP contribution in [0.3, 0.4) is 0 Å². The highest BCUT2D eigenvalue weighted by atomic mass is 79.9. The summed E-state index contributed by atoms with van der Waals surface area (Å²) in [5, 5.41) is 21.1. The number of phenolic OH excluding ortho intramolecular Hbond substituents is 2. The molecular weight excluding hydrogens is 317 g/mol. The van der Waals surface area contributed by atoms with Gasteiger partial charge in [-0.15, -0.1) is 0 Å². The lowest BCUT2D eigenvalue weighted by atomic mass is 10.2. The second-order valence-corrected chi connectivity index (χ2v) is 4.70. The van der Waals surface area contributed by atoms with Gasteiger partial charge in [0.2, 0.25) is 0 Å². The molecule has 0 aliphatic rings. The minimum absolute atomic E-state index is 0.0664. The van der Waals surface area contributed by atoms with Gasteiger partial charge in [0.05, 0.1) is 5.56 Å². The van der Waals surface area contributed by atoms with E-state index in [1.165, 1.54) is 18.2 Å². The molecule has 1 amide bonds. The maximum atomic E-state index is 13.1. The first-order valence-corrected chi connectivity index (χ1v) is 6.05. The lowest BCUT2D eigenvalue weighted by Gasteiger charge is -2.07. The van der Waals surface area contributed by atoms with Crippen molar-refractivity contribution in [3.8, 4) is 11.5 Å². The van der Waals surface area contributed by atoms with Crippen LogP contribution in [0.2, 0.25) is 0 Å². The van der Waals surface area contributed by atoms with Crippen LogP contribution in [0.4, 0.5) is 10.1 Å². The largest absolute Gasteiger partial charge is 0.507 e. The Morgan fingerprint density at radius 2 is 1.84 bits per heavy atom. The smallest absolute Gasteiger partial charge is 0.259 e. The Bertz CT molecular complexity index is 646. The lowest BCUT2D eigenvalue weighted by Crippen LogP contribution is -2.12. The van der Waals surface area contributed by atoms with Gasteiger partial charge < -0.3 is 15.5 Å². The molecule has 0 aromatic heterocycles. The van der Waals surface area contributed by atoms with E-state index in [-0.39, 0.29) is 17.0 Å². The van der Waals surface area contributed by atoms with Gasteiger partial charge in [0.1, 0.15) is 5.75 Å². The number of aromatic hydroxyl groups is 2. The molecule has 0 saturated heterocycles. The third-order valence-corrected chi connectivity index (χ3v) is 2.90. The van der Waals surface area contributed by atoms with Crippen LogP contribution >= 0.6 is 15.9 Å². The summed E-state index contributed by atoms with van der Waals surface area (Å²) < 4.78 is 13.7. The van der Waals surface area contributed by atoms with E-state index in [0.717, 1.165) is 12.1 Å². The van der Waals surface area contributed by atoms with Crippen molar-refractivity contribution in [1.29, 1.82) is 0 Å². The van der Waals surface area contributed by atoms with Crippen LogP contribution in [0.1, 0.15) is 10.4 Å². The first-order valence-electron chi connectivity index (χ1n) is 5.26. The normalized spacial score (nSPS) is 10.2. The van der Waals surface area contributed by atoms with Gasteiger partial charge in [-0.2, -0.15) is 0 Å². The molecule has 0 atom stereocenters. The Balaban J connectivity index is 2.23. The molecule has 0 fully saturated rings. The number of carbonyl (C=O) groups is 1. The maximum Gasteiger partial charge on any atom is 0.259 e. The minimum Gasteiger partial charge on any atom is -0.507 e. The average molecular weight is 326 g/mol. The molecule has 0 unspecified atom stereocenters. The van der Waals surface area contributed by atoms with Crippen molar-refractivity contribution in [2.75, 3.05) is 5.32 Å². The van der Waals surface area contributed by atoms with Crippen molar-refractivity contribution < 1.29 is 19.4 Å². The highest BCUT2D eigenvalue weighted by Crippen LogP contribution is 2.24. The molecule has 3 N–H and O–H groups in total. The molecular formula is C13H9BrFNO3. The number of phenols is 2. The summed E-state index contributed by atoms with van der Waals surface area (Å²) in [6.45, 7) is 0. The Hall–Kier alpha value is -2.08. The van der Waals surface area contributed by atoms with Crippen molar-refractivity contribution in [1.82, 2.24) is 0 Å². The number of anilines is 1. The summed E-state index contributed by atoms with van der Waals surface area (Å²) >= 11 is 3.16. The molecule has 0 aliphatic heterocycles. The molecule has 0 spiro atoms. The number of rotatable bonds is 2. The molecule has 6 heteroatoms. The molecule has 0 bridgehead atoms. The molecule has 0 radical (unpaired) electrons. The zero-order chi connectivity index (χ0) is 14.0. The first kappa shape index (κ1) is 13.4. The van der Waals surface area contributed by atoms with Gasteiger partial charge in [0.15, 0.2) is 11.6 Å². The van der Waals surface area contributed by atoms with Crippen LogP contribution < -0.4 is 5.32 Å². The van der Waals surface area contributed by atoms with Crippen LogP contribution in [0, 0.1) is 5.82 Å². The number of benzene rings is 2. The van der Waals surface area contributed by atoms with Gasteiger partial charge in [-0.05, 0) is 30.3 Å². The molecule has 2 rings (SSSR count). The number of nitrogens with one attached hydrogen (secondary N) is 1. The molecule has 0 heterocycles. The number of carbonyl (C=O) groups excluding carboxylic acids is 1. The van der Waals surface area contributed by atoms with Crippen LogP contribution in [0.5, 0.6) is 11.5 Å². The molecule has 98 valence electrons. The van der Waals surface area contributed by atoms with Crippen molar-refractivity contribution in [3.05, 3.63) is 52.3 Å². The highest BCUT2D eigenvalue weighted by Gasteiger charge is 2.12. The summed E-state index contributed by atoms with van der Waals surface area (Å²) in [7, 11) is 0. The van der Waals surface area contributed by atoms with Crippen LogP contribution in [-0.2, 0) is 0 Å². The van der Waals surface area contributed by atoms with Gasteiger partial charge in [-0.3, -0.25) is 4.79 Å². The number of halogens is 2. The summed E-state index contributed by atoms with van der Waals surface area (Å²) in [6, 6.07) is 7.89. The SMILES string of the molecule is O=C(Nc1ccc(O)c(F)c1)c1ccc(Br)cc1O. The van der Waals surface area contributed by atoms with Crippen molar-refractivity contribution in [2.45, 2.75) is 0 Å². The van der Waals surface area contributed by atoms with Gasteiger partial charge >= 0.3 is 0 Å². The Morgan fingerprint density at radius 3 is 2.47 bits per heavy atom. The summed E-state index contributed by atoms with van der Waals surface area (Å²) in [6.07, 6.45) is 0. The third-order valence-electron chi connectivity index (χ3n) is 2.41. The first-order chi connectivity index (χ1) is 8.97. The molecule has 0 saturated carbocycles. The van der Waals surface area contributed by atoms with Crippen molar-refractivity contribution in [2.24, 2.45) is 0 Å². The maximum absolute atomic E-state index is 13.1. The van der Waals surface area contributed by atoms with E-state index < -0.39 is 17.5 Å². The minimum atomic E-state index is -0.835. The van der Waals surface area contributed by atoms with Gasteiger partial charge in [-0.1, -0.05) is 15.9 Å². The van der Waals surface area contributed by atoms with E-state index in [1.54, 1.807) is 6.07 Å². The van der Waals surface area contributed by atoms with Crippen molar-refractivity contribution >= 4 is 27.5 Å². The van der Waals surface area contributed by atoms with E-state index in [4.69, 9.17) is 5.11 Å². The second-order valence-electron chi connectivity index (χ2n) is 3.78. The highest BCUT2D eigenvalue weighted by molar-refractivity contribution is 9.10. The number of hydrogen-bond donors (Lipinski definition) is 3. The zero-order valence-electron chi connectivity index (χ0n) is 9.52. The molecule has 2 aromatic rings. The van der Waals surface area contributed by atoms with Gasteiger partial charge in [0, 0.05) is 16.2 Å². The summed E-state index contributed by atoms with van der Waals surface area (Å²) in [4.78, 5) is 11.9. The Labute approximate surface area is 116 Å². The van der Waals surface area contributed by atoms with Gasteiger partial charge in [-0.25, -0.2) is 4.39 Å². The summed E-state index contributed by atoms with van der Waals surface area (Å²) in [5.41, 5.74) is 0.249. The fraction of sp³-hybridized carbons (Fsp3) is 0. The molecule has 0 aliphatic carbocycles. The molecule has 2 aromatic carbocycles. The predicted octanol–water partition coefficient (Wildman–Crippen LogP) is 3.25. The average Bonchev–Trinajstić information content (AvgIpc) is 2.33. The monoisotopic (exact) mass is 325 g/mol. The Kier molecular flexibility index (Phi) is 3.71. The summed E-state index contributed by atoms with van der Waals surface area (Å²) in [5.74, 6) is -2.09. The number of hydrogen-bond acceptors (Lipinski definition) is 3. The topological polar surface area (TPSA) is 69.6 Å². The lowest BCUT2D eigenvalue weighted by molar-refractivity contribution is 0.102. The zero-order valence-corrected chi connectivity index (χ0v) is 11.1. The third kappa shape index (κ3) is 3.03. The molecule has 4 nitrogen and oxygen atoms in total. The van der Waals surface area contributed by atoms with E-state index in [1.807, 2.05) is 0 Å². The standard InChI is InChI=1S/C13H9BrFNO3/c14-7-1-3-9(12(18)5-7)13(19)16-8-2-4-11(17)10(15)6-8/h1-6,17-18H,(H,16,19). The van der Waals surface area contributed by atoms with Crippen molar-refractivity contribution in [3.63, 3.8) is 0 Å². The predicted molar refractivity (Wildman–Crippen MR) is 71.8 cm³/mol. The fourth-order valence-electron chi connectivity index (χ4n) is 1.48. The van der Waals surface area contributed by atoms with E-state index in [0.29, 0.717) is 4.47 Å². The van der Waals surface area contributed by atoms with Crippen LogP contribution in [-0.4, -0.2) is 16.1 Å². The van der Waals surface area contributed by atoms with Crippen LogP contribution in [0.15, 0.2) is 40.9 Å². The number of amides is 1. The van der Waals surface area contributed by atoms with E-state index in [9.17, 15) is 14.3 Å². The Morgan fingerprint density at radius 1 is 1.11 bits per heavy atom. The van der Waals surface area contributed by atoms with E-state index in [2.05, 4.69) is 21.2 Å². The second kappa shape index (κ2) is 5.27. The fourth-order valence-corrected chi connectivity index (χ4v) is 1.83. The molecule has 19 heavy (non-hydrogen) atoms. The van der Waals surface area contributed by atoms with Crippen LogP contribution in [0.25, 0.3) is 0 Å². The van der Waals surface area contributed by atoms with Gasteiger partial charge in [0.25, 0.3) is 5.91 Å². The van der Waals surface area contributed by atoms with E-state index >= 15 is 0 Å².